The number of aryl methyl sites for hydroxylation is 1. The van der Waals surface area contributed by atoms with E-state index in [1.807, 2.05) is 25.1 Å². The first-order valence-electron chi connectivity index (χ1n) is 7.98. The highest BCUT2D eigenvalue weighted by molar-refractivity contribution is 14.0. The highest BCUT2D eigenvalue weighted by Gasteiger charge is 2.27. The van der Waals surface area contributed by atoms with Crippen LogP contribution in [0.2, 0.25) is 0 Å². The van der Waals surface area contributed by atoms with Gasteiger partial charge >= 0.3 is 0 Å². The van der Waals surface area contributed by atoms with Crippen LogP contribution in [0.1, 0.15) is 26.7 Å². The second kappa shape index (κ2) is 9.74. The van der Waals surface area contributed by atoms with E-state index in [1.165, 1.54) is 0 Å². The number of amides is 1. The lowest BCUT2D eigenvalue weighted by atomic mass is 10.3. The summed E-state index contributed by atoms with van der Waals surface area (Å²) in [6, 6.07) is 0. The van der Waals surface area contributed by atoms with Crippen molar-refractivity contribution in [2.75, 3.05) is 37.6 Å². The van der Waals surface area contributed by atoms with Gasteiger partial charge < -0.3 is 15.1 Å². The highest BCUT2D eigenvalue weighted by atomic mass is 127. The summed E-state index contributed by atoms with van der Waals surface area (Å²) in [6.07, 6.45) is 5.79. The molecule has 1 saturated heterocycles. The van der Waals surface area contributed by atoms with Gasteiger partial charge in [0, 0.05) is 39.4 Å². The number of nitrogens with one attached hydrogen (secondary N) is 1. The van der Waals surface area contributed by atoms with Crippen LogP contribution in [0.15, 0.2) is 17.4 Å². The molecular formula is C15H27IN6O. The number of rotatable bonds is 5. The number of guanidine groups is 1. The standard InChI is InChI=1S/C15H26N6O.HI/c1-4-6-7-17-15(16-5-2)20-8-9-21(14(22)12-20)13-10-18-19(3)11-13;/h10-11H,4-9,12H2,1-3H3,(H,16,17);1H. The largest absolute Gasteiger partial charge is 0.357 e. The number of anilines is 1. The van der Waals surface area contributed by atoms with E-state index >= 15 is 0 Å². The predicted octanol–water partition coefficient (Wildman–Crippen LogP) is 1.45. The number of carbonyl (C=O) groups is 1. The lowest BCUT2D eigenvalue weighted by Gasteiger charge is -2.35. The summed E-state index contributed by atoms with van der Waals surface area (Å²) in [5, 5.41) is 7.41. The average Bonchev–Trinajstić information content (AvgIpc) is 2.93. The Balaban J connectivity index is 0.00000264. The zero-order valence-electron chi connectivity index (χ0n) is 14.2. The lowest BCUT2D eigenvalue weighted by Crippen LogP contribution is -2.55. The summed E-state index contributed by atoms with van der Waals surface area (Å²) in [7, 11) is 1.86. The Hall–Kier alpha value is -1.32. The van der Waals surface area contributed by atoms with Crippen LogP contribution < -0.4 is 10.2 Å². The highest BCUT2D eigenvalue weighted by Crippen LogP contribution is 2.16. The van der Waals surface area contributed by atoms with Gasteiger partial charge in [0.1, 0.15) is 6.54 Å². The molecule has 0 aromatic carbocycles. The van der Waals surface area contributed by atoms with Crippen molar-refractivity contribution in [1.29, 1.82) is 0 Å². The van der Waals surface area contributed by atoms with E-state index < -0.39 is 0 Å². The molecule has 8 heteroatoms. The van der Waals surface area contributed by atoms with Crippen molar-refractivity contribution in [2.45, 2.75) is 26.7 Å². The maximum absolute atomic E-state index is 12.4. The summed E-state index contributed by atoms with van der Waals surface area (Å²) in [5.74, 6) is 0.926. The third-order valence-corrected chi connectivity index (χ3v) is 3.63. The normalized spacial score (nSPS) is 15.6. The van der Waals surface area contributed by atoms with Crippen molar-refractivity contribution in [3.05, 3.63) is 12.4 Å². The molecule has 1 aromatic rings. The Labute approximate surface area is 155 Å². The number of halogens is 1. The molecule has 1 aliphatic heterocycles. The molecule has 1 N–H and O–H groups in total. The molecule has 1 amide bonds. The third-order valence-electron chi connectivity index (χ3n) is 3.63. The van der Waals surface area contributed by atoms with Crippen LogP contribution in [-0.4, -0.2) is 59.3 Å². The molecule has 1 aromatic heterocycles. The molecule has 0 saturated carbocycles. The first-order chi connectivity index (χ1) is 10.7. The number of unbranched alkanes of at least 4 members (excludes halogenated alkanes) is 1. The molecule has 0 unspecified atom stereocenters. The fourth-order valence-electron chi connectivity index (χ4n) is 2.44. The third kappa shape index (κ3) is 5.36. The van der Waals surface area contributed by atoms with Gasteiger partial charge in [-0.25, -0.2) is 0 Å². The minimum absolute atomic E-state index is 0. The molecule has 0 atom stereocenters. The van der Waals surface area contributed by atoms with Gasteiger partial charge in [0.05, 0.1) is 11.9 Å². The van der Waals surface area contributed by atoms with Gasteiger partial charge in [0.15, 0.2) is 5.96 Å². The molecule has 2 rings (SSSR count). The van der Waals surface area contributed by atoms with E-state index in [4.69, 9.17) is 0 Å². The number of hydrogen-bond acceptors (Lipinski definition) is 3. The molecular weight excluding hydrogens is 407 g/mol. The molecule has 2 heterocycles. The molecule has 0 aliphatic carbocycles. The Bertz CT molecular complexity index is 530. The fraction of sp³-hybridized carbons (Fsp3) is 0.667. The van der Waals surface area contributed by atoms with Gasteiger partial charge in [-0.2, -0.15) is 5.10 Å². The fourth-order valence-corrected chi connectivity index (χ4v) is 2.44. The number of hydrogen-bond donors (Lipinski definition) is 1. The summed E-state index contributed by atoms with van der Waals surface area (Å²) >= 11 is 0. The minimum Gasteiger partial charge on any atom is -0.357 e. The van der Waals surface area contributed by atoms with Crippen LogP contribution in [0.5, 0.6) is 0 Å². The van der Waals surface area contributed by atoms with Crippen LogP contribution in [0.4, 0.5) is 5.69 Å². The van der Waals surface area contributed by atoms with Crippen LogP contribution >= 0.6 is 24.0 Å². The monoisotopic (exact) mass is 434 g/mol. The van der Waals surface area contributed by atoms with E-state index in [0.717, 1.165) is 44.1 Å². The van der Waals surface area contributed by atoms with Gasteiger partial charge in [-0.3, -0.25) is 14.5 Å². The second-order valence-electron chi connectivity index (χ2n) is 5.43. The van der Waals surface area contributed by atoms with Crippen molar-refractivity contribution < 1.29 is 4.79 Å². The summed E-state index contributed by atoms with van der Waals surface area (Å²) in [5.41, 5.74) is 0.861. The second-order valence-corrected chi connectivity index (χ2v) is 5.43. The molecule has 0 spiro atoms. The van der Waals surface area contributed by atoms with Gasteiger partial charge in [-0.1, -0.05) is 13.3 Å². The van der Waals surface area contributed by atoms with Gasteiger partial charge in [0.2, 0.25) is 5.91 Å². The maximum atomic E-state index is 12.4. The van der Waals surface area contributed by atoms with Crippen LogP contribution in [0.3, 0.4) is 0 Å². The van der Waals surface area contributed by atoms with Gasteiger partial charge in [-0.15, -0.1) is 24.0 Å². The lowest BCUT2D eigenvalue weighted by molar-refractivity contribution is -0.120. The Morgan fingerprint density at radius 1 is 1.39 bits per heavy atom. The topological polar surface area (TPSA) is 65.8 Å². The molecule has 23 heavy (non-hydrogen) atoms. The number of aromatic nitrogens is 2. The first kappa shape index (κ1) is 19.7. The predicted molar refractivity (Wildman–Crippen MR) is 103 cm³/mol. The SMILES string of the molecule is CCCCN=C(NCC)N1CCN(c2cnn(C)c2)C(=O)C1.I. The van der Waals surface area contributed by atoms with Gasteiger partial charge in [-0.05, 0) is 13.3 Å². The van der Waals surface area contributed by atoms with E-state index in [1.54, 1.807) is 15.8 Å². The zero-order chi connectivity index (χ0) is 15.9. The number of nitrogens with zero attached hydrogens (tertiary/aromatic N) is 5. The van der Waals surface area contributed by atoms with E-state index in [0.29, 0.717) is 13.1 Å². The van der Waals surface area contributed by atoms with Crippen molar-refractivity contribution in [3.63, 3.8) is 0 Å². The number of piperazine rings is 1. The molecule has 0 radical (unpaired) electrons. The smallest absolute Gasteiger partial charge is 0.246 e. The van der Waals surface area contributed by atoms with Gasteiger partial charge in [0.25, 0.3) is 0 Å². The van der Waals surface area contributed by atoms with E-state index in [-0.39, 0.29) is 29.9 Å². The van der Waals surface area contributed by atoms with Crippen LogP contribution in [0, 0.1) is 0 Å². The summed E-state index contributed by atoms with van der Waals surface area (Å²) in [6.45, 7) is 7.59. The number of carbonyl (C=O) groups excluding carboxylic acids is 1. The summed E-state index contributed by atoms with van der Waals surface area (Å²) < 4.78 is 1.71. The first-order valence-corrected chi connectivity index (χ1v) is 7.98. The van der Waals surface area contributed by atoms with Crippen molar-refractivity contribution >= 4 is 41.5 Å². The average molecular weight is 434 g/mol. The molecule has 1 aliphatic rings. The summed E-state index contributed by atoms with van der Waals surface area (Å²) in [4.78, 5) is 20.9. The number of aliphatic imine (C=N–C) groups is 1. The Morgan fingerprint density at radius 3 is 2.74 bits per heavy atom. The zero-order valence-corrected chi connectivity index (χ0v) is 16.5. The molecule has 1 fully saturated rings. The molecule has 130 valence electrons. The quantitative estimate of drug-likeness (QED) is 0.330. The molecule has 7 nitrogen and oxygen atoms in total. The van der Waals surface area contributed by atoms with E-state index in [9.17, 15) is 4.79 Å². The maximum Gasteiger partial charge on any atom is 0.246 e. The Morgan fingerprint density at radius 2 is 2.17 bits per heavy atom. The van der Waals surface area contributed by atoms with Crippen LogP contribution in [-0.2, 0) is 11.8 Å². The van der Waals surface area contributed by atoms with Crippen LogP contribution in [0.25, 0.3) is 0 Å². The van der Waals surface area contributed by atoms with Crippen molar-refractivity contribution in [1.82, 2.24) is 20.0 Å². The Kier molecular flexibility index (Phi) is 8.35. The minimum atomic E-state index is 0. The van der Waals surface area contributed by atoms with Crippen molar-refractivity contribution in [3.8, 4) is 0 Å². The van der Waals surface area contributed by atoms with E-state index in [2.05, 4.69) is 22.3 Å². The molecule has 0 bridgehead atoms. The van der Waals surface area contributed by atoms with Crippen molar-refractivity contribution in [2.24, 2.45) is 12.0 Å².